The Bertz CT molecular complexity index is 638. The van der Waals surface area contributed by atoms with E-state index in [9.17, 15) is 0 Å². The van der Waals surface area contributed by atoms with Gasteiger partial charge in [0.2, 0.25) is 0 Å². The Morgan fingerprint density at radius 1 is 0.500 bits per heavy atom. The van der Waals surface area contributed by atoms with E-state index in [-0.39, 0.29) is 0 Å². The summed E-state index contributed by atoms with van der Waals surface area (Å²) in [5.74, 6) is 0.628. The smallest absolute Gasteiger partial charge is 0.0309 e. The molecule has 1 aliphatic rings. The highest BCUT2D eigenvalue weighted by Crippen LogP contribution is 2.54. The third-order valence-electron chi connectivity index (χ3n) is 4.94. The summed E-state index contributed by atoms with van der Waals surface area (Å²) >= 11 is 2.14. The second-order valence-corrected chi connectivity index (χ2v) is 7.92. The molecular formula is C23H22S. The van der Waals surface area contributed by atoms with Crippen molar-refractivity contribution in [1.29, 1.82) is 0 Å². The van der Waals surface area contributed by atoms with Gasteiger partial charge < -0.3 is 0 Å². The van der Waals surface area contributed by atoms with E-state index < -0.39 is 0 Å². The quantitative estimate of drug-likeness (QED) is 0.510. The normalized spacial score (nSPS) is 23.8. The van der Waals surface area contributed by atoms with Crippen molar-refractivity contribution >= 4 is 11.8 Å². The van der Waals surface area contributed by atoms with Crippen molar-refractivity contribution in [3.05, 3.63) is 108 Å². The van der Waals surface area contributed by atoms with Gasteiger partial charge in [-0.15, -0.1) is 11.8 Å². The summed E-state index contributed by atoms with van der Waals surface area (Å²) in [7, 11) is 0. The SMILES string of the molecule is c1ccc(C2CC(c3ccccc3)SC(c3ccccc3)C2)cc1. The predicted molar refractivity (Wildman–Crippen MR) is 104 cm³/mol. The first-order valence-electron chi connectivity index (χ1n) is 8.70. The summed E-state index contributed by atoms with van der Waals surface area (Å²) in [5, 5.41) is 1.13. The third kappa shape index (κ3) is 3.42. The number of hydrogen-bond acceptors (Lipinski definition) is 1. The Labute approximate surface area is 148 Å². The maximum absolute atomic E-state index is 2.30. The molecule has 24 heavy (non-hydrogen) atoms. The van der Waals surface area contributed by atoms with Gasteiger partial charge in [-0.25, -0.2) is 0 Å². The molecule has 120 valence electrons. The monoisotopic (exact) mass is 330 g/mol. The molecule has 0 amide bonds. The number of benzene rings is 3. The van der Waals surface area contributed by atoms with Gasteiger partial charge in [0.15, 0.2) is 0 Å². The topological polar surface area (TPSA) is 0 Å². The van der Waals surface area contributed by atoms with Gasteiger partial charge in [0.25, 0.3) is 0 Å². The number of thioether (sulfide) groups is 1. The third-order valence-corrected chi connectivity index (χ3v) is 6.53. The van der Waals surface area contributed by atoms with Crippen LogP contribution in [-0.4, -0.2) is 0 Å². The van der Waals surface area contributed by atoms with Gasteiger partial charge in [-0.2, -0.15) is 0 Å². The molecule has 1 fully saturated rings. The molecule has 0 saturated carbocycles. The summed E-state index contributed by atoms with van der Waals surface area (Å²) in [6.45, 7) is 0. The Hall–Kier alpha value is -1.99. The minimum Gasteiger partial charge on any atom is -0.146 e. The Balaban J connectivity index is 1.66. The molecule has 2 unspecified atom stereocenters. The summed E-state index contributed by atoms with van der Waals surface area (Å²) in [5.41, 5.74) is 4.41. The minimum atomic E-state index is 0.565. The van der Waals surface area contributed by atoms with Crippen LogP contribution in [0.2, 0.25) is 0 Å². The highest BCUT2D eigenvalue weighted by atomic mass is 32.2. The van der Waals surface area contributed by atoms with Crippen molar-refractivity contribution < 1.29 is 0 Å². The van der Waals surface area contributed by atoms with Crippen LogP contribution in [0.3, 0.4) is 0 Å². The molecule has 3 aromatic rings. The van der Waals surface area contributed by atoms with Crippen molar-refractivity contribution in [1.82, 2.24) is 0 Å². The lowest BCUT2D eigenvalue weighted by atomic mass is 9.86. The highest BCUT2D eigenvalue weighted by Gasteiger charge is 2.31. The molecule has 1 heterocycles. The van der Waals surface area contributed by atoms with Crippen LogP contribution >= 0.6 is 11.8 Å². The van der Waals surface area contributed by atoms with Gasteiger partial charge in [0, 0.05) is 10.5 Å². The second kappa shape index (κ2) is 7.27. The van der Waals surface area contributed by atoms with Gasteiger partial charge in [-0.05, 0) is 35.4 Å². The van der Waals surface area contributed by atoms with E-state index in [1.807, 2.05) is 0 Å². The van der Waals surface area contributed by atoms with Crippen molar-refractivity contribution in [2.45, 2.75) is 29.3 Å². The molecule has 4 rings (SSSR count). The molecule has 0 aliphatic carbocycles. The van der Waals surface area contributed by atoms with Crippen LogP contribution in [0.4, 0.5) is 0 Å². The average molecular weight is 330 g/mol. The Kier molecular flexibility index (Phi) is 4.71. The predicted octanol–water partition coefficient (Wildman–Crippen LogP) is 6.78. The van der Waals surface area contributed by atoms with Gasteiger partial charge in [-0.1, -0.05) is 91.0 Å². The van der Waals surface area contributed by atoms with Gasteiger partial charge >= 0.3 is 0 Å². The summed E-state index contributed by atoms with van der Waals surface area (Å²) in [6, 6.07) is 33.1. The zero-order valence-corrected chi connectivity index (χ0v) is 14.5. The lowest BCUT2D eigenvalue weighted by molar-refractivity contribution is 0.540. The van der Waals surface area contributed by atoms with E-state index in [1.165, 1.54) is 29.5 Å². The van der Waals surface area contributed by atoms with E-state index in [0.29, 0.717) is 16.4 Å². The van der Waals surface area contributed by atoms with Crippen LogP contribution in [0.25, 0.3) is 0 Å². The molecule has 2 atom stereocenters. The average Bonchev–Trinajstić information content (AvgIpc) is 2.70. The number of rotatable bonds is 3. The van der Waals surface area contributed by atoms with Crippen molar-refractivity contribution in [2.24, 2.45) is 0 Å². The molecular weight excluding hydrogens is 308 g/mol. The number of hydrogen-bond donors (Lipinski definition) is 0. The van der Waals surface area contributed by atoms with Crippen LogP contribution in [0.1, 0.15) is 45.9 Å². The fourth-order valence-corrected chi connectivity index (χ4v) is 5.40. The molecule has 0 N–H and O–H groups in total. The van der Waals surface area contributed by atoms with E-state index in [0.717, 1.165) is 0 Å². The second-order valence-electron chi connectivity index (χ2n) is 6.51. The standard InChI is InChI=1S/C23H22S/c1-4-10-18(11-5-1)21-16-22(19-12-6-2-7-13-19)24-23(17-21)20-14-8-3-9-15-20/h1-15,21-23H,16-17H2. The molecule has 1 saturated heterocycles. The van der Waals surface area contributed by atoms with Gasteiger partial charge in [-0.3, -0.25) is 0 Å². The molecule has 3 aromatic carbocycles. The first-order chi connectivity index (χ1) is 11.9. The van der Waals surface area contributed by atoms with Crippen molar-refractivity contribution in [2.75, 3.05) is 0 Å². The van der Waals surface area contributed by atoms with E-state index in [4.69, 9.17) is 0 Å². The van der Waals surface area contributed by atoms with E-state index in [1.54, 1.807) is 0 Å². The maximum Gasteiger partial charge on any atom is 0.0309 e. The lowest BCUT2D eigenvalue weighted by Crippen LogP contribution is -2.15. The van der Waals surface area contributed by atoms with Crippen LogP contribution in [0, 0.1) is 0 Å². The molecule has 1 aliphatic heterocycles. The molecule has 0 radical (unpaired) electrons. The zero-order valence-electron chi connectivity index (χ0n) is 13.7. The maximum atomic E-state index is 2.30. The fourth-order valence-electron chi connectivity index (χ4n) is 3.68. The Morgan fingerprint density at radius 2 is 0.875 bits per heavy atom. The van der Waals surface area contributed by atoms with Crippen LogP contribution in [-0.2, 0) is 0 Å². The van der Waals surface area contributed by atoms with Gasteiger partial charge in [0.05, 0.1) is 0 Å². The van der Waals surface area contributed by atoms with Crippen molar-refractivity contribution in [3.63, 3.8) is 0 Å². The molecule has 0 aromatic heterocycles. The summed E-state index contributed by atoms with van der Waals surface area (Å²) < 4.78 is 0. The Morgan fingerprint density at radius 3 is 1.29 bits per heavy atom. The molecule has 0 bridgehead atoms. The zero-order chi connectivity index (χ0) is 16.2. The van der Waals surface area contributed by atoms with Crippen LogP contribution in [0.15, 0.2) is 91.0 Å². The van der Waals surface area contributed by atoms with Crippen molar-refractivity contribution in [3.8, 4) is 0 Å². The summed E-state index contributed by atoms with van der Waals surface area (Å²) in [6.07, 6.45) is 2.45. The highest BCUT2D eigenvalue weighted by molar-refractivity contribution is 7.99. The fraction of sp³-hybridized carbons (Fsp3) is 0.217. The summed E-state index contributed by atoms with van der Waals surface area (Å²) in [4.78, 5) is 0. The van der Waals surface area contributed by atoms with Crippen LogP contribution in [0.5, 0.6) is 0 Å². The lowest BCUT2D eigenvalue weighted by Gasteiger charge is -2.35. The molecule has 0 nitrogen and oxygen atoms in total. The minimum absolute atomic E-state index is 0.565. The van der Waals surface area contributed by atoms with E-state index in [2.05, 4.69) is 103 Å². The largest absolute Gasteiger partial charge is 0.146 e. The molecule has 1 heteroatoms. The van der Waals surface area contributed by atoms with E-state index >= 15 is 0 Å². The molecule has 0 spiro atoms. The van der Waals surface area contributed by atoms with Crippen LogP contribution < -0.4 is 0 Å². The van der Waals surface area contributed by atoms with Gasteiger partial charge in [0.1, 0.15) is 0 Å². The first kappa shape index (κ1) is 15.5. The first-order valence-corrected chi connectivity index (χ1v) is 9.65.